The van der Waals surface area contributed by atoms with Crippen LogP contribution in [0.2, 0.25) is 0 Å². The first-order valence-electron chi connectivity index (χ1n) is 8.10. The van der Waals surface area contributed by atoms with Gasteiger partial charge in [-0.3, -0.25) is 4.79 Å². The molecule has 1 heterocycles. The summed E-state index contributed by atoms with van der Waals surface area (Å²) in [6, 6.07) is 9.65. The van der Waals surface area contributed by atoms with Gasteiger partial charge in [0.25, 0.3) is 5.91 Å². The fraction of sp³-hybridized carbons (Fsp3) is 0.167. The van der Waals surface area contributed by atoms with Crippen molar-refractivity contribution in [3.8, 4) is 5.75 Å². The van der Waals surface area contributed by atoms with Crippen molar-refractivity contribution in [2.75, 3.05) is 5.32 Å². The van der Waals surface area contributed by atoms with Crippen LogP contribution in [0.5, 0.6) is 5.75 Å². The SMILES string of the molecule is C[C@@H](OC(=O)c1ccc(OC(F)F)cc1)C(=O)Nc1ccc2[nH]c(=O)[nH]c2c1. The van der Waals surface area contributed by atoms with Crippen LogP contribution in [-0.4, -0.2) is 34.6 Å². The van der Waals surface area contributed by atoms with Crippen LogP contribution < -0.4 is 15.7 Å². The van der Waals surface area contributed by atoms with Crippen LogP contribution >= 0.6 is 0 Å². The van der Waals surface area contributed by atoms with Crippen molar-refractivity contribution in [3.05, 3.63) is 58.5 Å². The number of rotatable bonds is 6. The molecule has 0 saturated carbocycles. The summed E-state index contributed by atoms with van der Waals surface area (Å²) in [5.41, 5.74) is 1.21. The zero-order chi connectivity index (χ0) is 20.3. The number of hydrogen-bond donors (Lipinski definition) is 3. The number of imidazole rings is 1. The van der Waals surface area contributed by atoms with E-state index in [-0.39, 0.29) is 17.0 Å². The van der Waals surface area contributed by atoms with E-state index in [0.717, 1.165) is 0 Å². The molecule has 1 aromatic heterocycles. The molecule has 28 heavy (non-hydrogen) atoms. The number of ether oxygens (including phenoxy) is 2. The fourth-order valence-electron chi connectivity index (χ4n) is 2.41. The molecule has 0 saturated heterocycles. The smallest absolute Gasteiger partial charge is 0.387 e. The van der Waals surface area contributed by atoms with Crippen molar-refractivity contribution >= 4 is 28.6 Å². The number of halogens is 2. The van der Waals surface area contributed by atoms with Gasteiger partial charge >= 0.3 is 18.3 Å². The Morgan fingerprint density at radius 2 is 1.71 bits per heavy atom. The van der Waals surface area contributed by atoms with Gasteiger partial charge in [0, 0.05) is 5.69 Å². The van der Waals surface area contributed by atoms with E-state index in [1.165, 1.54) is 31.2 Å². The Kier molecular flexibility index (Phi) is 5.39. The average molecular weight is 391 g/mol. The highest BCUT2D eigenvalue weighted by Crippen LogP contribution is 2.17. The summed E-state index contributed by atoms with van der Waals surface area (Å²) in [5.74, 6) is -1.48. The fourth-order valence-corrected chi connectivity index (χ4v) is 2.41. The largest absolute Gasteiger partial charge is 0.449 e. The van der Waals surface area contributed by atoms with Gasteiger partial charge in [-0.2, -0.15) is 8.78 Å². The van der Waals surface area contributed by atoms with E-state index in [1.54, 1.807) is 18.2 Å². The second-order valence-electron chi connectivity index (χ2n) is 5.78. The highest BCUT2D eigenvalue weighted by atomic mass is 19.3. The standard InChI is InChI=1S/C18H15F2N3O5/c1-9(27-16(25)10-2-5-12(6-3-10)28-17(19)20)15(24)21-11-4-7-13-14(8-11)23-18(26)22-13/h2-9,17H,1H3,(H,21,24)(H2,22,23,26)/t9-/m1/s1. The molecule has 1 amide bonds. The topological polar surface area (TPSA) is 113 Å². The molecule has 3 N–H and O–H groups in total. The molecule has 10 heteroatoms. The molecular weight excluding hydrogens is 376 g/mol. The van der Waals surface area contributed by atoms with Crippen LogP contribution in [0.4, 0.5) is 14.5 Å². The predicted octanol–water partition coefficient (Wildman–Crippen LogP) is 2.64. The Morgan fingerprint density at radius 1 is 1.04 bits per heavy atom. The van der Waals surface area contributed by atoms with E-state index in [2.05, 4.69) is 20.0 Å². The molecule has 0 aliphatic heterocycles. The predicted molar refractivity (Wildman–Crippen MR) is 95.5 cm³/mol. The van der Waals surface area contributed by atoms with Crippen LogP contribution in [0.1, 0.15) is 17.3 Å². The maximum absolute atomic E-state index is 12.2. The number of hydrogen-bond acceptors (Lipinski definition) is 5. The summed E-state index contributed by atoms with van der Waals surface area (Å²) in [4.78, 5) is 40.7. The number of esters is 1. The van der Waals surface area contributed by atoms with Crippen molar-refractivity contribution in [2.45, 2.75) is 19.6 Å². The van der Waals surface area contributed by atoms with E-state index in [4.69, 9.17) is 4.74 Å². The summed E-state index contributed by atoms with van der Waals surface area (Å²) in [5, 5.41) is 2.58. The lowest BCUT2D eigenvalue weighted by molar-refractivity contribution is -0.123. The van der Waals surface area contributed by atoms with Crippen molar-refractivity contribution < 1.29 is 27.8 Å². The Bertz CT molecular complexity index is 1060. The number of aromatic amines is 2. The maximum atomic E-state index is 12.2. The number of nitrogens with one attached hydrogen (secondary N) is 3. The van der Waals surface area contributed by atoms with Gasteiger partial charge in [-0.1, -0.05) is 0 Å². The third-order valence-corrected chi connectivity index (χ3v) is 3.75. The Balaban J connectivity index is 1.60. The maximum Gasteiger partial charge on any atom is 0.387 e. The summed E-state index contributed by atoms with van der Waals surface area (Å²) in [7, 11) is 0. The molecule has 0 fully saturated rings. The number of anilines is 1. The number of fused-ring (bicyclic) bond motifs is 1. The molecule has 0 aliphatic carbocycles. The van der Waals surface area contributed by atoms with E-state index in [1.807, 2.05) is 0 Å². The van der Waals surface area contributed by atoms with Crippen LogP contribution in [0, 0.1) is 0 Å². The van der Waals surface area contributed by atoms with Gasteiger partial charge in [-0.05, 0) is 49.4 Å². The van der Waals surface area contributed by atoms with Gasteiger partial charge in [0.2, 0.25) is 0 Å². The van der Waals surface area contributed by atoms with Gasteiger partial charge in [0.1, 0.15) is 5.75 Å². The quantitative estimate of drug-likeness (QED) is 0.559. The van der Waals surface area contributed by atoms with Crippen molar-refractivity contribution in [1.29, 1.82) is 0 Å². The first-order valence-corrected chi connectivity index (χ1v) is 8.10. The highest BCUT2D eigenvalue weighted by molar-refractivity contribution is 5.98. The van der Waals surface area contributed by atoms with Gasteiger partial charge < -0.3 is 24.8 Å². The van der Waals surface area contributed by atoms with Crippen LogP contribution in [0.25, 0.3) is 11.0 Å². The lowest BCUT2D eigenvalue weighted by Crippen LogP contribution is -2.30. The first-order chi connectivity index (χ1) is 13.3. The lowest BCUT2D eigenvalue weighted by atomic mass is 10.2. The number of benzene rings is 2. The number of H-pyrrole nitrogens is 2. The van der Waals surface area contributed by atoms with E-state index >= 15 is 0 Å². The van der Waals surface area contributed by atoms with Crippen molar-refractivity contribution in [2.24, 2.45) is 0 Å². The molecule has 8 nitrogen and oxygen atoms in total. The Labute approximate surface area is 156 Å². The molecule has 146 valence electrons. The average Bonchev–Trinajstić information content (AvgIpc) is 3.01. The Hall–Kier alpha value is -3.69. The lowest BCUT2D eigenvalue weighted by Gasteiger charge is -2.14. The zero-order valence-corrected chi connectivity index (χ0v) is 14.5. The van der Waals surface area contributed by atoms with Crippen LogP contribution in [-0.2, 0) is 9.53 Å². The third-order valence-electron chi connectivity index (χ3n) is 3.75. The number of alkyl halides is 2. The minimum absolute atomic E-state index is 0.0765. The van der Waals surface area contributed by atoms with Gasteiger partial charge in [0.15, 0.2) is 6.10 Å². The molecule has 0 spiro atoms. The number of aromatic nitrogens is 2. The van der Waals surface area contributed by atoms with Crippen molar-refractivity contribution in [1.82, 2.24) is 9.97 Å². The van der Waals surface area contributed by atoms with E-state index in [0.29, 0.717) is 16.7 Å². The summed E-state index contributed by atoms with van der Waals surface area (Å²) >= 11 is 0. The monoisotopic (exact) mass is 391 g/mol. The first kappa shape index (κ1) is 19.1. The summed E-state index contributed by atoms with van der Waals surface area (Å²) < 4.78 is 33.5. The van der Waals surface area contributed by atoms with Crippen LogP contribution in [0.3, 0.4) is 0 Å². The minimum atomic E-state index is -2.97. The number of carbonyl (C=O) groups is 2. The molecule has 0 unspecified atom stereocenters. The normalized spacial score (nSPS) is 12.0. The molecule has 3 aromatic rings. The Morgan fingerprint density at radius 3 is 2.39 bits per heavy atom. The second-order valence-corrected chi connectivity index (χ2v) is 5.78. The molecule has 0 radical (unpaired) electrons. The minimum Gasteiger partial charge on any atom is -0.449 e. The number of carbonyl (C=O) groups excluding carboxylic acids is 2. The third kappa shape index (κ3) is 4.53. The molecule has 0 aliphatic rings. The summed E-state index contributed by atoms with van der Waals surface area (Å²) in [6.07, 6.45) is -1.12. The van der Waals surface area contributed by atoms with E-state index < -0.39 is 24.6 Å². The van der Waals surface area contributed by atoms with Crippen LogP contribution in [0.15, 0.2) is 47.3 Å². The molecule has 1 atom stereocenters. The number of amides is 1. The van der Waals surface area contributed by atoms with Gasteiger partial charge in [0.05, 0.1) is 16.6 Å². The molecular formula is C18H15F2N3O5. The van der Waals surface area contributed by atoms with Crippen molar-refractivity contribution in [3.63, 3.8) is 0 Å². The van der Waals surface area contributed by atoms with Gasteiger partial charge in [-0.15, -0.1) is 0 Å². The molecule has 3 rings (SSSR count). The molecule has 2 aromatic carbocycles. The van der Waals surface area contributed by atoms with Gasteiger partial charge in [-0.25, -0.2) is 9.59 Å². The summed E-state index contributed by atoms with van der Waals surface area (Å²) in [6.45, 7) is -1.58. The zero-order valence-electron chi connectivity index (χ0n) is 14.5. The van der Waals surface area contributed by atoms with E-state index in [9.17, 15) is 23.2 Å². The second kappa shape index (κ2) is 7.91. The molecule has 0 bridgehead atoms. The highest BCUT2D eigenvalue weighted by Gasteiger charge is 2.19.